The van der Waals surface area contributed by atoms with Gasteiger partial charge in [0.2, 0.25) is 0 Å². The minimum atomic E-state index is -4.86. The highest BCUT2D eigenvalue weighted by molar-refractivity contribution is 5.63. The molecule has 1 atom stereocenters. The molecule has 3 aromatic rings. The fourth-order valence-electron chi connectivity index (χ4n) is 3.31. The van der Waals surface area contributed by atoms with E-state index in [4.69, 9.17) is 5.73 Å². The number of aliphatic hydroxyl groups is 1. The van der Waals surface area contributed by atoms with Gasteiger partial charge in [0.25, 0.3) is 0 Å². The summed E-state index contributed by atoms with van der Waals surface area (Å²) in [6.07, 6.45) is -4.60. The average molecular weight is 474 g/mol. The Kier molecular flexibility index (Phi) is 6.66. The summed E-state index contributed by atoms with van der Waals surface area (Å²) < 4.78 is 98.8. The predicted octanol–water partition coefficient (Wildman–Crippen LogP) is 5.25. The van der Waals surface area contributed by atoms with Gasteiger partial charge in [-0.15, -0.1) is 13.2 Å². The third kappa shape index (κ3) is 5.09. The summed E-state index contributed by atoms with van der Waals surface area (Å²) in [5, 5.41) is 10.8. The number of aromatic nitrogens is 1. The first-order valence-corrected chi connectivity index (χ1v) is 9.46. The summed E-state index contributed by atoms with van der Waals surface area (Å²) in [4.78, 5) is 3.67. The molecule has 4 nitrogen and oxygen atoms in total. The Labute approximate surface area is 183 Å². The van der Waals surface area contributed by atoms with E-state index in [1.54, 1.807) is 0 Å². The number of pyridine rings is 1. The Bertz CT molecular complexity index is 1100. The number of alkyl halides is 5. The molecule has 0 amide bonds. The molecule has 0 bridgehead atoms. The molecule has 0 aliphatic rings. The number of hydrogen-bond donors (Lipinski definition) is 2. The van der Waals surface area contributed by atoms with E-state index in [2.05, 4.69) is 9.72 Å². The zero-order valence-corrected chi connectivity index (χ0v) is 16.7. The van der Waals surface area contributed by atoms with Gasteiger partial charge >= 0.3 is 12.3 Å². The number of nitrogens with two attached hydrogens (primary N) is 1. The molecule has 0 saturated heterocycles. The smallest absolute Gasteiger partial charge is 0.406 e. The van der Waals surface area contributed by atoms with Crippen LogP contribution >= 0.6 is 0 Å². The maximum Gasteiger partial charge on any atom is 0.573 e. The van der Waals surface area contributed by atoms with Crippen LogP contribution in [0.3, 0.4) is 0 Å². The van der Waals surface area contributed by atoms with Crippen molar-refractivity contribution in [1.29, 1.82) is 0 Å². The lowest BCUT2D eigenvalue weighted by Crippen LogP contribution is -2.46. The van der Waals surface area contributed by atoms with E-state index >= 15 is 8.78 Å². The Balaban J connectivity index is 1.93. The number of ether oxygens (including phenoxy) is 1. The molecule has 0 radical (unpaired) electrons. The normalized spacial score (nSPS) is 14.1. The first kappa shape index (κ1) is 24.5. The second-order valence-electron chi connectivity index (χ2n) is 7.10. The zero-order chi connectivity index (χ0) is 24.4. The van der Waals surface area contributed by atoms with Gasteiger partial charge < -0.3 is 15.6 Å². The molecule has 0 spiro atoms. The average Bonchev–Trinajstić information content (AvgIpc) is 2.73. The van der Waals surface area contributed by atoms with Crippen LogP contribution in [-0.4, -0.2) is 23.0 Å². The quantitative estimate of drug-likeness (QED) is 0.459. The van der Waals surface area contributed by atoms with Gasteiger partial charge in [0.1, 0.15) is 23.1 Å². The van der Waals surface area contributed by atoms with Crippen molar-refractivity contribution >= 4 is 0 Å². The van der Waals surface area contributed by atoms with Gasteiger partial charge in [0, 0.05) is 23.4 Å². The third-order valence-corrected chi connectivity index (χ3v) is 4.91. The third-order valence-electron chi connectivity index (χ3n) is 4.91. The molecule has 1 unspecified atom stereocenters. The number of rotatable bonds is 7. The van der Waals surface area contributed by atoms with E-state index in [9.17, 15) is 27.1 Å². The van der Waals surface area contributed by atoms with Crippen LogP contribution in [0.4, 0.5) is 30.7 Å². The zero-order valence-electron chi connectivity index (χ0n) is 16.7. The van der Waals surface area contributed by atoms with Gasteiger partial charge in [-0.1, -0.05) is 24.3 Å². The van der Waals surface area contributed by atoms with Crippen molar-refractivity contribution in [3.05, 3.63) is 83.7 Å². The van der Waals surface area contributed by atoms with Crippen LogP contribution in [-0.2, 0) is 11.5 Å². The van der Waals surface area contributed by atoms with E-state index in [1.807, 2.05) is 0 Å². The van der Waals surface area contributed by atoms with Gasteiger partial charge in [0.15, 0.2) is 5.60 Å². The van der Waals surface area contributed by atoms with Crippen molar-refractivity contribution in [2.75, 3.05) is 6.54 Å². The van der Waals surface area contributed by atoms with Gasteiger partial charge in [-0.05, 0) is 42.8 Å². The lowest BCUT2D eigenvalue weighted by Gasteiger charge is -2.36. The molecule has 0 aliphatic carbocycles. The number of benzene rings is 2. The summed E-state index contributed by atoms with van der Waals surface area (Å²) in [7, 11) is 0. The number of halogens is 7. The maximum absolute atomic E-state index is 15.4. The molecule has 3 rings (SSSR count). The first-order chi connectivity index (χ1) is 15.4. The lowest BCUT2D eigenvalue weighted by molar-refractivity contribution is -0.274. The fourth-order valence-corrected chi connectivity index (χ4v) is 3.31. The minimum Gasteiger partial charge on any atom is -0.406 e. The summed E-state index contributed by atoms with van der Waals surface area (Å²) in [5.41, 5.74) is 1.13. The van der Waals surface area contributed by atoms with Crippen molar-refractivity contribution in [3.8, 4) is 16.9 Å². The first-order valence-electron chi connectivity index (χ1n) is 9.46. The van der Waals surface area contributed by atoms with E-state index < -0.39 is 59.5 Å². The largest absolute Gasteiger partial charge is 0.573 e. The highest BCUT2D eigenvalue weighted by Crippen LogP contribution is 2.47. The Morgan fingerprint density at radius 2 is 1.52 bits per heavy atom. The maximum atomic E-state index is 15.4. The molecular weight excluding hydrogens is 457 g/mol. The van der Waals surface area contributed by atoms with Gasteiger partial charge in [-0.2, -0.15) is 8.78 Å². The van der Waals surface area contributed by atoms with Crippen molar-refractivity contribution in [2.45, 2.75) is 24.3 Å². The summed E-state index contributed by atoms with van der Waals surface area (Å²) in [6.45, 7) is -0.437. The minimum absolute atomic E-state index is 0.281. The Morgan fingerprint density at radius 1 is 0.879 bits per heavy atom. The second-order valence-corrected chi connectivity index (χ2v) is 7.10. The van der Waals surface area contributed by atoms with Crippen molar-refractivity contribution in [1.82, 2.24) is 4.98 Å². The highest BCUT2D eigenvalue weighted by atomic mass is 19.4. The van der Waals surface area contributed by atoms with E-state index in [0.29, 0.717) is 17.7 Å². The molecule has 1 heterocycles. The van der Waals surface area contributed by atoms with E-state index in [-0.39, 0.29) is 5.56 Å². The molecule has 0 saturated carbocycles. The Morgan fingerprint density at radius 3 is 2.03 bits per heavy atom. The van der Waals surface area contributed by atoms with Crippen LogP contribution in [0.25, 0.3) is 11.1 Å². The van der Waals surface area contributed by atoms with Crippen LogP contribution in [0, 0.1) is 11.6 Å². The predicted molar refractivity (Wildman–Crippen MR) is 104 cm³/mol. The van der Waals surface area contributed by atoms with E-state index in [0.717, 1.165) is 30.5 Å². The molecule has 0 aliphatic heterocycles. The van der Waals surface area contributed by atoms with Gasteiger partial charge in [-0.3, -0.25) is 4.98 Å². The molecule has 1 aromatic heterocycles. The van der Waals surface area contributed by atoms with Crippen molar-refractivity contribution < 1.29 is 40.6 Å². The standard InChI is InChI=1S/C22H17F7N2O2/c23-15-4-7-17(18(24)11-15)20(32,9-10-30)21(25,26)19-8-3-14(12-31-19)13-1-5-16(6-2-13)33-22(27,28)29/h1-8,11-12,32H,9-10,30H2. The molecule has 2 aromatic carbocycles. The lowest BCUT2D eigenvalue weighted by atomic mass is 9.82. The molecule has 176 valence electrons. The van der Waals surface area contributed by atoms with Crippen LogP contribution in [0.15, 0.2) is 60.8 Å². The molecule has 11 heteroatoms. The summed E-state index contributed by atoms with van der Waals surface area (Å²) >= 11 is 0. The van der Waals surface area contributed by atoms with Gasteiger partial charge in [-0.25, -0.2) is 8.78 Å². The molecule has 3 N–H and O–H groups in total. The monoisotopic (exact) mass is 474 g/mol. The molecular formula is C22H17F7N2O2. The van der Waals surface area contributed by atoms with Crippen LogP contribution in [0.2, 0.25) is 0 Å². The summed E-state index contributed by atoms with van der Waals surface area (Å²) in [5.74, 6) is -6.98. The second kappa shape index (κ2) is 8.99. The molecule has 33 heavy (non-hydrogen) atoms. The van der Waals surface area contributed by atoms with Crippen LogP contribution < -0.4 is 10.5 Å². The van der Waals surface area contributed by atoms with Crippen LogP contribution in [0.1, 0.15) is 17.7 Å². The van der Waals surface area contributed by atoms with Gasteiger partial charge in [0.05, 0.1) is 0 Å². The number of hydrogen-bond acceptors (Lipinski definition) is 4. The van der Waals surface area contributed by atoms with E-state index in [1.165, 1.54) is 18.2 Å². The fraction of sp³-hybridized carbons (Fsp3) is 0.227. The van der Waals surface area contributed by atoms with Crippen LogP contribution in [0.5, 0.6) is 5.75 Å². The van der Waals surface area contributed by atoms with Crippen molar-refractivity contribution in [3.63, 3.8) is 0 Å². The highest BCUT2D eigenvalue weighted by Gasteiger charge is 2.56. The Hall–Kier alpha value is -3.18. The molecule has 0 fully saturated rings. The number of nitrogens with zero attached hydrogens (tertiary/aromatic N) is 1. The summed E-state index contributed by atoms with van der Waals surface area (Å²) in [6, 6.07) is 8.55. The SMILES string of the molecule is NCCC(O)(c1ccc(F)cc1F)C(F)(F)c1ccc(-c2ccc(OC(F)(F)F)cc2)cn1. The van der Waals surface area contributed by atoms with Crippen molar-refractivity contribution in [2.24, 2.45) is 5.73 Å². The topological polar surface area (TPSA) is 68.4 Å².